The Kier molecular flexibility index (Phi) is 7.91. The Morgan fingerprint density at radius 2 is 0.775 bits per heavy atom. The number of hydrogen-bond donors (Lipinski definition) is 2. The van der Waals surface area contributed by atoms with Crippen molar-refractivity contribution in [1.82, 2.24) is 0 Å². The largest absolute Gasteiger partial charge is 0.478 e. The molecule has 0 spiro atoms. The van der Waals surface area contributed by atoms with Crippen LogP contribution in [0.25, 0.3) is 11.1 Å². The highest BCUT2D eigenvalue weighted by Crippen LogP contribution is 2.22. The number of hydrogen-bond acceptors (Lipinski definition) is 8. The van der Waals surface area contributed by atoms with Crippen molar-refractivity contribution in [2.75, 3.05) is 0 Å². The van der Waals surface area contributed by atoms with Gasteiger partial charge in [-0.2, -0.15) is 0 Å². The number of aromatic carboxylic acids is 2. The van der Waals surface area contributed by atoms with Crippen LogP contribution in [0.4, 0.5) is 0 Å². The third-order valence-corrected chi connectivity index (χ3v) is 5.66. The normalized spacial score (nSPS) is 12.5. The standard InChI is InChI=1S/C12H10.2C9H4O5/c1-3-7-11(8-4-1)12-9-5-2-6-10-12;2*10-7(11)4-1-2-5-6(3-4)9(13)14-8(5)12/h1-10H;2*1-3H,(H,10,11). The van der Waals surface area contributed by atoms with E-state index in [0.29, 0.717) is 0 Å². The highest BCUT2D eigenvalue weighted by Gasteiger charge is 2.31. The van der Waals surface area contributed by atoms with Gasteiger partial charge in [0.05, 0.1) is 33.4 Å². The first-order chi connectivity index (χ1) is 19.2. The second kappa shape index (κ2) is 11.7. The molecule has 0 bridgehead atoms. The summed E-state index contributed by atoms with van der Waals surface area (Å²) in [5.41, 5.74) is 2.70. The van der Waals surface area contributed by atoms with Gasteiger partial charge in [-0.05, 0) is 47.5 Å². The van der Waals surface area contributed by atoms with Crippen molar-refractivity contribution in [2.45, 2.75) is 0 Å². The Labute approximate surface area is 226 Å². The summed E-state index contributed by atoms with van der Waals surface area (Å²) in [5, 5.41) is 17.3. The monoisotopic (exact) mass is 538 g/mol. The van der Waals surface area contributed by atoms with Gasteiger partial charge < -0.3 is 19.7 Å². The molecule has 10 nitrogen and oxygen atoms in total. The molecule has 0 saturated carbocycles. The smallest absolute Gasteiger partial charge is 0.346 e. The summed E-state index contributed by atoms with van der Waals surface area (Å²) in [6.45, 7) is 0. The molecule has 0 fully saturated rings. The maximum Gasteiger partial charge on any atom is 0.346 e. The lowest BCUT2D eigenvalue weighted by Gasteiger charge is -1.98. The van der Waals surface area contributed by atoms with E-state index in [4.69, 9.17) is 10.2 Å². The van der Waals surface area contributed by atoms with Crippen LogP contribution in [0.2, 0.25) is 0 Å². The van der Waals surface area contributed by atoms with E-state index in [1.807, 2.05) is 12.1 Å². The van der Waals surface area contributed by atoms with Crippen LogP contribution in [0.5, 0.6) is 0 Å². The van der Waals surface area contributed by atoms with Gasteiger partial charge in [0.2, 0.25) is 0 Å². The minimum atomic E-state index is -1.15. The molecule has 2 aliphatic heterocycles. The quantitative estimate of drug-likeness (QED) is 0.275. The van der Waals surface area contributed by atoms with Gasteiger partial charge >= 0.3 is 35.8 Å². The van der Waals surface area contributed by atoms with Crippen LogP contribution in [-0.2, 0) is 9.47 Å². The third-order valence-electron chi connectivity index (χ3n) is 5.66. The Balaban J connectivity index is 0.000000139. The summed E-state index contributed by atoms with van der Waals surface area (Å²) in [6.07, 6.45) is 0. The van der Waals surface area contributed by atoms with Gasteiger partial charge in [0.15, 0.2) is 0 Å². The van der Waals surface area contributed by atoms with Crippen LogP contribution in [0.3, 0.4) is 0 Å². The predicted molar refractivity (Wildman–Crippen MR) is 138 cm³/mol. The van der Waals surface area contributed by atoms with E-state index < -0.39 is 35.8 Å². The average molecular weight is 538 g/mol. The fraction of sp³-hybridized carbons (Fsp3) is 0. The molecular formula is C30H18O10. The molecule has 0 aliphatic carbocycles. The minimum Gasteiger partial charge on any atom is -0.478 e. The van der Waals surface area contributed by atoms with Gasteiger partial charge in [-0.25, -0.2) is 28.8 Å². The lowest BCUT2D eigenvalue weighted by Crippen LogP contribution is -2.00. The van der Waals surface area contributed by atoms with E-state index >= 15 is 0 Å². The van der Waals surface area contributed by atoms with E-state index in [0.717, 1.165) is 12.1 Å². The van der Waals surface area contributed by atoms with E-state index in [2.05, 4.69) is 58.0 Å². The van der Waals surface area contributed by atoms with Crippen molar-refractivity contribution < 1.29 is 48.5 Å². The first-order valence-electron chi connectivity index (χ1n) is 11.5. The maximum atomic E-state index is 11.0. The molecule has 4 aromatic rings. The number of carboxylic acids is 2. The van der Waals surface area contributed by atoms with Crippen LogP contribution in [0.15, 0.2) is 97.1 Å². The summed E-state index contributed by atoms with van der Waals surface area (Å²) < 4.78 is 8.59. The van der Waals surface area contributed by atoms with Crippen molar-refractivity contribution in [3.63, 3.8) is 0 Å². The molecule has 0 amide bonds. The summed E-state index contributed by atoms with van der Waals surface area (Å²) in [7, 11) is 0. The molecule has 4 aromatic carbocycles. The van der Waals surface area contributed by atoms with Crippen LogP contribution in [-0.4, -0.2) is 46.0 Å². The zero-order valence-electron chi connectivity index (χ0n) is 20.4. The molecule has 0 aromatic heterocycles. The molecule has 0 radical (unpaired) electrons. The summed E-state index contributed by atoms with van der Waals surface area (Å²) in [5.74, 6) is -5.37. The Morgan fingerprint density at radius 1 is 0.450 bits per heavy atom. The number of benzene rings is 4. The summed E-state index contributed by atoms with van der Waals surface area (Å²) in [6, 6.07) is 28.1. The number of ether oxygens (including phenoxy) is 2. The van der Waals surface area contributed by atoms with Crippen molar-refractivity contribution in [3.05, 3.63) is 130 Å². The molecule has 198 valence electrons. The maximum absolute atomic E-state index is 11.0. The molecule has 10 heteroatoms. The third kappa shape index (κ3) is 5.97. The van der Waals surface area contributed by atoms with Crippen LogP contribution in [0.1, 0.15) is 62.1 Å². The van der Waals surface area contributed by atoms with Crippen LogP contribution >= 0.6 is 0 Å². The lowest BCUT2D eigenvalue weighted by atomic mass is 10.1. The van der Waals surface area contributed by atoms with Gasteiger partial charge in [0.25, 0.3) is 0 Å². The zero-order valence-corrected chi connectivity index (χ0v) is 20.4. The number of carboxylic acid groups (broad SMARTS) is 2. The molecule has 2 N–H and O–H groups in total. The number of rotatable bonds is 3. The van der Waals surface area contributed by atoms with Gasteiger partial charge in [0, 0.05) is 0 Å². The number of carbonyl (C=O) groups excluding carboxylic acids is 4. The Morgan fingerprint density at radius 3 is 1.10 bits per heavy atom. The van der Waals surface area contributed by atoms with E-state index in [1.165, 1.54) is 35.4 Å². The molecule has 0 atom stereocenters. The van der Waals surface area contributed by atoms with E-state index in [1.54, 1.807) is 0 Å². The van der Waals surface area contributed by atoms with Crippen LogP contribution < -0.4 is 0 Å². The molecular weight excluding hydrogens is 520 g/mol. The molecule has 2 aliphatic rings. The summed E-state index contributed by atoms with van der Waals surface area (Å²) >= 11 is 0. The minimum absolute atomic E-state index is 0.00917. The van der Waals surface area contributed by atoms with Crippen molar-refractivity contribution >= 4 is 35.8 Å². The van der Waals surface area contributed by atoms with Gasteiger partial charge in [-0.3, -0.25) is 0 Å². The zero-order chi connectivity index (χ0) is 28.8. The average Bonchev–Trinajstić information content (AvgIpc) is 3.42. The van der Waals surface area contributed by atoms with Crippen LogP contribution in [0, 0.1) is 0 Å². The number of fused-ring (bicyclic) bond motifs is 2. The first-order valence-corrected chi connectivity index (χ1v) is 11.5. The van der Waals surface area contributed by atoms with Crippen molar-refractivity contribution in [2.24, 2.45) is 0 Å². The van der Waals surface area contributed by atoms with Gasteiger partial charge in [-0.15, -0.1) is 0 Å². The van der Waals surface area contributed by atoms with Crippen molar-refractivity contribution in [3.8, 4) is 11.1 Å². The number of esters is 4. The lowest BCUT2D eigenvalue weighted by molar-refractivity contribution is 0.0425. The second-order valence-electron chi connectivity index (χ2n) is 8.22. The topological polar surface area (TPSA) is 161 Å². The van der Waals surface area contributed by atoms with Gasteiger partial charge in [0.1, 0.15) is 0 Å². The van der Waals surface area contributed by atoms with Crippen molar-refractivity contribution in [1.29, 1.82) is 0 Å². The SMILES string of the molecule is O=C(O)c1ccc2c(c1)C(=O)OC2=O.O=C(O)c1ccc2c(c1)C(=O)OC2=O.c1ccc(-c2ccccc2)cc1. The molecule has 0 saturated heterocycles. The van der Waals surface area contributed by atoms with Gasteiger partial charge in [-0.1, -0.05) is 60.7 Å². The first kappa shape index (κ1) is 27.1. The van der Waals surface area contributed by atoms with E-state index in [9.17, 15) is 28.8 Å². The fourth-order valence-corrected chi connectivity index (χ4v) is 3.70. The molecule has 2 heterocycles. The Bertz CT molecular complexity index is 1530. The molecule has 0 unspecified atom stereocenters. The summed E-state index contributed by atoms with van der Waals surface area (Å²) in [4.78, 5) is 65.1. The Hall–Kier alpha value is -5.90. The predicted octanol–water partition coefficient (Wildman–Crippen LogP) is 4.74. The number of cyclic esters (lactones) is 4. The highest BCUT2D eigenvalue weighted by molar-refractivity contribution is 6.16. The number of carbonyl (C=O) groups is 6. The highest BCUT2D eigenvalue weighted by atomic mass is 16.6. The fourth-order valence-electron chi connectivity index (χ4n) is 3.70. The molecule has 6 rings (SSSR count). The second-order valence-corrected chi connectivity index (χ2v) is 8.22. The molecule has 40 heavy (non-hydrogen) atoms. The van der Waals surface area contributed by atoms with E-state index in [-0.39, 0.29) is 33.4 Å².